The van der Waals surface area contributed by atoms with E-state index in [1.54, 1.807) is 14.2 Å². The number of rotatable bonds is 5. The fourth-order valence-corrected chi connectivity index (χ4v) is 2.93. The van der Waals surface area contributed by atoms with E-state index in [2.05, 4.69) is 25.1 Å². The Morgan fingerprint density at radius 1 is 1.21 bits per heavy atom. The molecular weight excluding hydrogens is 238 g/mol. The van der Waals surface area contributed by atoms with Crippen molar-refractivity contribution < 1.29 is 9.47 Å². The summed E-state index contributed by atoms with van der Waals surface area (Å²) in [5.41, 5.74) is 2.79. The first-order valence-corrected chi connectivity index (χ1v) is 7.03. The van der Waals surface area contributed by atoms with Gasteiger partial charge in [0.25, 0.3) is 0 Å². The van der Waals surface area contributed by atoms with Gasteiger partial charge in [-0.05, 0) is 63.9 Å². The Kier molecular flexibility index (Phi) is 4.70. The molecule has 0 radical (unpaired) electrons. The van der Waals surface area contributed by atoms with Gasteiger partial charge in [0, 0.05) is 5.56 Å². The van der Waals surface area contributed by atoms with Crippen molar-refractivity contribution in [3.05, 3.63) is 23.3 Å². The molecule has 0 saturated carbocycles. The molecule has 19 heavy (non-hydrogen) atoms. The standard InChI is InChI=1S/C16H25NO2/c1-17(2)10-9-12-5-6-13-7-8-15(18-3)16(19-4)14(13)11-12/h7-8,12H,5-6,9-11H2,1-4H3/t12-/m1/s1. The molecule has 0 heterocycles. The minimum absolute atomic E-state index is 0.760. The zero-order chi connectivity index (χ0) is 13.8. The van der Waals surface area contributed by atoms with Crippen molar-refractivity contribution in [2.75, 3.05) is 34.9 Å². The Morgan fingerprint density at radius 2 is 2.00 bits per heavy atom. The van der Waals surface area contributed by atoms with Gasteiger partial charge in [0.15, 0.2) is 11.5 Å². The second-order valence-corrected chi connectivity index (χ2v) is 5.64. The molecule has 0 spiro atoms. The second-order valence-electron chi connectivity index (χ2n) is 5.64. The molecule has 2 rings (SSSR count). The Hall–Kier alpha value is -1.22. The highest BCUT2D eigenvalue weighted by Gasteiger charge is 2.23. The topological polar surface area (TPSA) is 21.7 Å². The molecule has 0 aliphatic heterocycles. The van der Waals surface area contributed by atoms with Crippen LogP contribution in [0.3, 0.4) is 0 Å². The van der Waals surface area contributed by atoms with Gasteiger partial charge in [-0.15, -0.1) is 0 Å². The predicted molar refractivity (Wildman–Crippen MR) is 78.2 cm³/mol. The van der Waals surface area contributed by atoms with Crippen LogP contribution in [0.2, 0.25) is 0 Å². The van der Waals surface area contributed by atoms with Gasteiger partial charge < -0.3 is 14.4 Å². The van der Waals surface area contributed by atoms with E-state index in [4.69, 9.17) is 9.47 Å². The van der Waals surface area contributed by atoms with Crippen LogP contribution in [-0.4, -0.2) is 39.8 Å². The van der Waals surface area contributed by atoms with Crippen molar-refractivity contribution in [3.63, 3.8) is 0 Å². The average Bonchev–Trinajstić information content (AvgIpc) is 2.43. The van der Waals surface area contributed by atoms with Gasteiger partial charge in [-0.25, -0.2) is 0 Å². The van der Waals surface area contributed by atoms with Crippen LogP contribution < -0.4 is 9.47 Å². The molecule has 0 unspecified atom stereocenters. The van der Waals surface area contributed by atoms with E-state index in [9.17, 15) is 0 Å². The van der Waals surface area contributed by atoms with E-state index >= 15 is 0 Å². The number of ether oxygens (including phenoxy) is 2. The third-order valence-corrected chi connectivity index (χ3v) is 4.04. The molecule has 1 aliphatic rings. The summed E-state index contributed by atoms with van der Waals surface area (Å²) in [6, 6.07) is 4.22. The van der Waals surface area contributed by atoms with Crippen molar-refractivity contribution in [3.8, 4) is 11.5 Å². The average molecular weight is 263 g/mol. The van der Waals surface area contributed by atoms with Gasteiger partial charge >= 0.3 is 0 Å². The van der Waals surface area contributed by atoms with Crippen molar-refractivity contribution in [2.45, 2.75) is 25.7 Å². The minimum atomic E-state index is 0.760. The summed E-state index contributed by atoms with van der Waals surface area (Å²) in [5.74, 6) is 2.56. The molecular formula is C16H25NO2. The van der Waals surface area contributed by atoms with Gasteiger partial charge in [-0.3, -0.25) is 0 Å². The van der Waals surface area contributed by atoms with Gasteiger partial charge in [0.05, 0.1) is 14.2 Å². The van der Waals surface area contributed by atoms with Crippen LogP contribution >= 0.6 is 0 Å². The molecule has 3 heteroatoms. The summed E-state index contributed by atoms with van der Waals surface area (Å²) in [7, 11) is 7.72. The summed E-state index contributed by atoms with van der Waals surface area (Å²) in [6.07, 6.45) is 4.82. The molecule has 1 aromatic rings. The van der Waals surface area contributed by atoms with Crippen LogP contribution in [0.4, 0.5) is 0 Å². The molecule has 1 atom stereocenters. The first-order chi connectivity index (χ1) is 9.15. The lowest BCUT2D eigenvalue weighted by molar-refractivity contribution is 0.318. The lowest BCUT2D eigenvalue weighted by atomic mass is 9.81. The Balaban J connectivity index is 2.17. The molecule has 1 aliphatic carbocycles. The number of methoxy groups -OCH3 is 2. The molecule has 106 valence electrons. The van der Waals surface area contributed by atoms with Crippen molar-refractivity contribution in [1.29, 1.82) is 0 Å². The van der Waals surface area contributed by atoms with Crippen LogP contribution in [0.1, 0.15) is 24.0 Å². The number of nitrogens with zero attached hydrogens (tertiary/aromatic N) is 1. The molecule has 0 fully saturated rings. The second kappa shape index (κ2) is 6.29. The van der Waals surface area contributed by atoms with Crippen LogP contribution in [0.25, 0.3) is 0 Å². The smallest absolute Gasteiger partial charge is 0.164 e. The SMILES string of the molecule is COc1ccc2c(c1OC)C[C@@H](CCN(C)C)CC2. The normalized spacial score (nSPS) is 18.3. The van der Waals surface area contributed by atoms with E-state index in [1.807, 2.05) is 6.07 Å². The Bertz CT molecular complexity index is 429. The summed E-state index contributed by atoms with van der Waals surface area (Å²) in [4.78, 5) is 2.26. The third kappa shape index (κ3) is 3.21. The quantitative estimate of drug-likeness (QED) is 0.815. The van der Waals surface area contributed by atoms with E-state index in [0.29, 0.717) is 0 Å². The highest BCUT2D eigenvalue weighted by molar-refractivity contribution is 5.51. The molecule has 0 N–H and O–H groups in total. The maximum Gasteiger partial charge on any atom is 0.164 e. The van der Waals surface area contributed by atoms with Crippen LogP contribution in [-0.2, 0) is 12.8 Å². The highest BCUT2D eigenvalue weighted by atomic mass is 16.5. The van der Waals surface area contributed by atoms with Crippen molar-refractivity contribution in [2.24, 2.45) is 5.92 Å². The number of hydrogen-bond acceptors (Lipinski definition) is 3. The van der Waals surface area contributed by atoms with Gasteiger partial charge in [-0.2, -0.15) is 0 Å². The first-order valence-electron chi connectivity index (χ1n) is 7.03. The number of hydrogen-bond donors (Lipinski definition) is 0. The third-order valence-electron chi connectivity index (χ3n) is 4.04. The number of fused-ring (bicyclic) bond motifs is 1. The lowest BCUT2D eigenvalue weighted by Gasteiger charge is -2.27. The van der Waals surface area contributed by atoms with Crippen LogP contribution in [0.15, 0.2) is 12.1 Å². The van der Waals surface area contributed by atoms with Gasteiger partial charge in [0.1, 0.15) is 0 Å². The molecule has 0 amide bonds. The zero-order valence-electron chi connectivity index (χ0n) is 12.5. The first kappa shape index (κ1) is 14.2. The maximum atomic E-state index is 5.57. The molecule has 0 bridgehead atoms. The summed E-state index contributed by atoms with van der Waals surface area (Å²) < 4.78 is 11.0. The largest absolute Gasteiger partial charge is 0.493 e. The van der Waals surface area contributed by atoms with Gasteiger partial charge in [-0.1, -0.05) is 6.07 Å². The van der Waals surface area contributed by atoms with Crippen molar-refractivity contribution >= 4 is 0 Å². The summed E-state index contributed by atoms with van der Waals surface area (Å²) >= 11 is 0. The molecule has 1 aromatic carbocycles. The van der Waals surface area contributed by atoms with Crippen LogP contribution in [0, 0.1) is 5.92 Å². The molecule has 0 saturated heterocycles. The molecule has 0 aromatic heterocycles. The van der Waals surface area contributed by atoms with Crippen molar-refractivity contribution in [1.82, 2.24) is 4.90 Å². The number of aryl methyl sites for hydroxylation is 1. The van der Waals surface area contributed by atoms with E-state index in [-0.39, 0.29) is 0 Å². The maximum absolute atomic E-state index is 5.57. The summed E-state index contributed by atoms with van der Waals surface area (Å²) in [5, 5.41) is 0. The number of benzene rings is 1. The lowest BCUT2D eigenvalue weighted by Crippen LogP contribution is -2.21. The minimum Gasteiger partial charge on any atom is -0.493 e. The van der Waals surface area contributed by atoms with E-state index in [1.165, 1.54) is 24.0 Å². The Labute approximate surface area is 116 Å². The fourth-order valence-electron chi connectivity index (χ4n) is 2.93. The zero-order valence-corrected chi connectivity index (χ0v) is 12.5. The highest BCUT2D eigenvalue weighted by Crippen LogP contribution is 2.39. The van der Waals surface area contributed by atoms with E-state index < -0.39 is 0 Å². The monoisotopic (exact) mass is 263 g/mol. The summed E-state index contributed by atoms with van der Waals surface area (Å²) in [6.45, 7) is 1.16. The van der Waals surface area contributed by atoms with Crippen LogP contribution in [0.5, 0.6) is 11.5 Å². The van der Waals surface area contributed by atoms with Gasteiger partial charge in [0.2, 0.25) is 0 Å². The van der Waals surface area contributed by atoms with E-state index in [0.717, 1.165) is 36.8 Å². The Morgan fingerprint density at radius 3 is 2.63 bits per heavy atom. The molecule has 3 nitrogen and oxygen atoms in total. The fraction of sp³-hybridized carbons (Fsp3) is 0.625. The predicted octanol–water partition coefficient (Wildman–Crippen LogP) is 2.76.